The van der Waals surface area contributed by atoms with Crippen molar-refractivity contribution >= 4 is 17.7 Å². The lowest BCUT2D eigenvalue weighted by atomic mass is 9.86. The topological polar surface area (TPSA) is 46.5 Å². The number of thioether (sulfide) groups is 1. The predicted molar refractivity (Wildman–Crippen MR) is 71.5 cm³/mol. The minimum Gasteiger partial charge on any atom is -0.469 e. The quantitative estimate of drug-likeness (QED) is 0.854. The molecule has 3 atom stereocenters. The smallest absolute Gasteiger partial charge is 0.312 e. The van der Waals surface area contributed by atoms with E-state index in [0.717, 1.165) is 17.7 Å². The van der Waals surface area contributed by atoms with Crippen LogP contribution in [0.4, 0.5) is 0 Å². The second kappa shape index (κ2) is 6.25. The molecule has 1 aromatic carbocycles. The fourth-order valence-electron chi connectivity index (χ4n) is 2.39. The van der Waals surface area contributed by atoms with E-state index in [1.54, 1.807) is 11.8 Å². The predicted octanol–water partition coefficient (Wildman–Crippen LogP) is 2.48. The maximum atomic E-state index is 11.8. The zero-order chi connectivity index (χ0) is 13.0. The summed E-state index contributed by atoms with van der Waals surface area (Å²) in [7, 11) is 1.38. The Labute approximate surface area is 112 Å². The third-order valence-electron chi connectivity index (χ3n) is 3.31. The molecule has 4 heteroatoms. The fraction of sp³-hybridized carbons (Fsp3) is 0.500. The van der Waals surface area contributed by atoms with Crippen LogP contribution in [0.3, 0.4) is 0 Å². The Balaban J connectivity index is 2.11. The lowest BCUT2D eigenvalue weighted by Crippen LogP contribution is -2.40. The molecule has 98 valence electrons. The van der Waals surface area contributed by atoms with Crippen LogP contribution < -0.4 is 0 Å². The standard InChI is InChI=1S/C14H18O3S/c1-17-14(16)13-11(15)8-5-9-12(13)18-10-6-3-2-4-7-10/h2-4,6-7,11-13,15H,5,8-9H2,1H3/t11-,12+,13+/m1/s1. The minimum absolute atomic E-state index is 0.101. The second-order valence-corrected chi connectivity index (χ2v) is 5.83. The number of carbonyl (C=O) groups excluding carboxylic acids is 1. The first-order valence-electron chi connectivity index (χ1n) is 6.20. The Bertz CT molecular complexity index is 393. The van der Waals surface area contributed by atoms with Crippen molar-refractivity contribution in [3.05, 3.63) is 30.3 Å². The summed E-state index contributed by atoms with van der Waals surface area (Å²) in [5.41, 5.74) is 0. The van der Waals surface area contributed by atoms with E-state index in [2.05, 4.69) is 0 Å². The Kier molecular flexibility index (Phi) is 4.66. The first kappa shape index (κ1) is 13.4. The Morgan fingerprint density at radius 2 is 2.06 bits per heavy atom. The minimum atomic E-state index is -0.576. The molecule has 0 heterocycles. The number of methoxy groups -OCH3 is 1. The van der Waals surface area contributed by atoms with E-state index in [1.165, 1.54) is 7.11 Å². The van der Waals surface area contributed by atoms with Gasteiger partial charge in [-0.1, -0.05) is 18.2 Å². The number of hydrogen-bond acceptors (Lipinski definition) is 4. The van der Waals surface area contributed by atoms with Gasteiger partial charge in [-0.2, -0.15) is 0 Å². The molecule has 3 nitrogen and oxygen atoms in total. The van der Waals surface area contributed by atoms with Crippen LogP contribution in [0.15, 0.2) is 35.2 Å². The van der Waals surface area contributed by atoms with Crippen LogP contribution in [0.5, 0.6) is 0 Å². The van der Waals surface area contributed by atoms with Crippen molar-refractivity contribution in [2.45, 2.75) is 35.5 Å². The molecule has 0 bridgehead atoms. The summed E-state index contributed by atoms with van der Waals surface area (Å²) in [6.07, 6.45) is 2.01. The highest BCUT2D eigenvalue weighted by Gasteiger charge is 2.38. The Morgan fingerprint density at radius 1 is 1.33 bits per heavy atom. The summed E-state index contributed by atoms with van der Waals surface area (Å²) in [5, 5.41) is 10.1. The summed E-state index contributed by atoms with van der Waals surface area (Å²) >= 11 is 1.66. The van der Waals surface area contributed by atoms with Gasteiger partial charge in [-0.25, -0.2) is 0 Å². The van der Waals surface area contributed by atoms with Gasteiger partial charge in [0, 0.05) is 10.1 Å². The van der Waals surface area contributed by atoms with E-state index >= 15 is 0 Å². The molecule has 0 saturated heterocycles. The van der Waals surface area contributed by atoms with E-state index in [9.17, 15) is 9.90 Å². The third kappa shape index (κ3) is 3.06. The lowest BCUT2D eigenvalue weighted by molar-refractivity contribution is -0.150. The van der Waals surface area contributed by atoms with E-state index < -0.39 is 12.0 Å². The molecule has 1 N–H and O–H groups in total. The molecule has 18 heavy (non-hydrogen) atoms. The van der Waals surface area contributed by atoms with Crippen LogP contribution in [-0.4, -0.2) is 29.5 Å². The van der Waals surface area contributed by atoms with Crippen molar-refractivity contribution in [3.63, 3.8) is 0 Å². The second-order valence-electron chi connectivity index (χ2n) is 4.52. The maximum absolute atomic E-state index is 11.8. The SMILES string of the molecule is COC(=O)[C@H]1[C@H](O)CCC[C@@H]1Sc1ccccc1. The molecule has 1 saturated carbocycles. The van der Waals surface area contributed by atoms with Gasteiger partial charge in [-0.3, -0.25) is 4.79 Å². The molecule has 0 amide bonds. The molecule has 0 aromatic heterocycles. The van der Waals surface area contributed by atoms with E-state index in [4.69, 9.17) is 4.74 Å². The Hall–Kier alpha value is -1.00. The van der Waals surface area contributed by atoms with Crippen LogP contribution in [0.25, 0.3) is 0 Å². The zero-order valence-corrected chi connectivity index (χ0v) is 11.2. The first-order valence-corrected chi connectivity index (χ1v) is 7.08. The third-order valence-corrected chi connectivity index (χ3v) is 4.68. The number of aliphatic hydroxyl groups excluding tert-OH is 1. The number of benzene rings is 1. The van der Waals surface area contributed by atoms with Crippen molar-refractivity contribution in [2.75, 3.05) is 7.11 Å². The van der Waals surface area contributed by atoms with Gasteiger partial charge in [0.1, 0.15) is 0 Å². The van der Waals surface area contributed by atoms with Gasteiger partial charge in [0.15, 0.2) is 0 Å². The highest BCUT2D eigenvalue weighted by molar-refractivity contribution is 8.00. The van der Waals surface area contributed by atoms with Gasteiger partial charge in [0.05, 0.1) is 19.1 Å². The molecular formula is C14H18O3S. The highest BCUT2D eigenvalue weighted by atomic mass is 32.2. The number of rotatable bonds is 3. The normalized spacial score (nSPS) is 27.8. The first-order chi connectivity index (χ1) is 8.72. The van der Waals surface area contributed by atoms with E-state index in [1.807, 2.05) is 30.3 Å². The monoisotopic (exact) mass is 266 g/mol. The average molecular weight is 266 g/mol. The molecule has 0 unspecified atom stereocenters. The van der Waals surface area contributed by atoms with Crippen LogP contribution in [0.1, 0.15) is 19.3 Å². The maximum Gasteiger partial charge on any atom is 0.312 e. The largest absolute Gasteiger partial charge is 0.469 e. The molecule has 1 aromatic rings. The molecule has 0 aliphatic heterocycles. The molecule has 0 radical (unpaired) electrons. The van der Waals surface area contributed by atoms with Crippen molar-refractivity contribution in [2.24, 2.45) is 5.92 Å². The molecule has 1 aliphatic carbocycles. The summed E-state index contributed by atoms with van der Waals surface area (Å²) < 4.78 is 4.82. The van der Waals surface area contributed by atoms with Crippen molar-refractivity contribution in [1.29, 1.82) is 0 Å². The van der Waals surface area contributed by atoms with E-state index in [0.29, 0.717) is 6.42 Å². The zero-order valence-electron chi connectivity index (χ0n) is 10.4. The summed E-state index contributed by atoms with van der Waals surface area (Å²) in [6, 6.07) is 9.99. The molecule has 2 rings (SSSR count). The molecular weight excluding hydrogens is 248 g/mol. The van der Waals surface area contributed by atoms with E-state index in [-0.39, 0.29) is 11.2 Å². The average Bonchev–Trinajstić information content (AvgIpc) is 2.39. The van der Waals surface area contributed by atoms with Crippen LogP contribution in [0.2, 0.25) is 0 Å². The number of ether oxygens (including phenoxy) is 1. The summed E-state index contributed by atoms with van der Waals surface area (Å²) in [5.74, 6) is -0.704. The fourth-order valence-corrected chi connectivity index (χ4v) is 3.77. The van der Waals surface area contributed by atoms with Gasteiger partial charge in [0.25, 0.3) is 0 Å². The summed E-state index contributed by atoms with van der Waals surface area (Å²) in [6.45, 7) is 0. The van der Waals surface area contributed by atoms with Gasteiger partial charge in [-0.15, -0.1) is 11.8 Å². The lowest BCUT2D eigenvalue weighted by Gasteiger charge is -2.33. The number of esters is 1. The summed E-state index contributed by atoms with van der Waals surface area (Å²) in [4.78, 5) is 12.9. The van der Waals surface area contributed by atoms with Crippen molar-refractivity contribution in [3.8, 4) is 0 Å². The molecule has 1 fully saturated rings. The number of hydrogen-bond donors (Lipinski definition) is 1. The van der Waals surface area contributed by atoms with Gasteiger partial charge in [0.2, 0.25) is 0 Å². The van der Waals surface area contributed by atoms with Crippen LogP contribution in [-0.2, 0) is 9.53 Å². The van der Waals surface area contributed by atoms with Gasteiger partial charge >= 0.3 is 5.97 Å². The molecule has 0 spiro atoms. The van der Waals surface area contributed by atoms with Crippen LogP contribution >= 0.6 is 11.8 Å². The Morgan fingerprint density at radius 3 is 2.72 bits per heavy atom. The van der Waals surface area contributed by atoms with Crippen molar-refractivity contribution in [1.82, 2.24) is 0 Å². The van der Waals surface area contributed by atoms with Crippen LogP contribution in [0, 0.1) is 5.92 Å². The number of carbonyl (C=O) groups is 1. The van der Waals surface area contributed by atoms with Crippen molar-refractivity contribution < 1.29 is 14.6 Å². The van der Waals surface area contributed by atoms with Gasteiger partial charge < -0.3 is 9.84 Å². The van der Waals surface area contributed by atoms with Gasteiger partial charge in [-0.05, 0) is 31.4 Å². The molecule has 1 aliphatic rings. The number of aliphatic hydroxyl groups is 1. The highest BCUT2D eigenvalue weighted by Crippen LogP contribution is 2.38.